The van der Waals surface area contributed by atoms with E-state index in [-0.39, 0.29) is 5.69 Å². The number of ether oxygens (including phenoxy) is 1. The van der Waals surface area contributed by atoms with E-state index in [1.165, 1.54) is 12.1 Å². The number of aryl methyl sites for hydroxylation is 1. The highest BCUT2D eigenvalue weighted by Crippen LogP contribution is 2.27. The van der Waals surface area contributed by atoms with E-state index in [1.54, 1.807) is 6.07 Å². The number of aromatic nitrogens is 1. The Morgan fingerprint density at radius 3 is 2.70 bits per heavy atom. The van der Waals surface area contributed by atoms with Gasteiger partial charge in [0.15, 0.2) is 0 Å². The number of pyridine rings is 1. The van der Waals surface area contributed by atoms with Gasteiger partial charge in [-0.1, -0.05) is 18.2 Å². The summed E-state index contributed by atoms with van der Waals surface area (Å²) in [7, 11) is 0. The molecule has 0 spiro atoms. The Kier molecular flexibility index (Phi) is 2.99. The van der Waals surface area contributed by atoms with E-state index in [4.69, 9.17) is 10.5 Å². The third-order valence-electron chi connectivity index (χ3n) is 3.05. The fourth-order valence-electron chi connectivity index (χ4n) is 1.99. The summed E-state index contributed by atoms with van der Waals surface area (Å²) in [6.07, 6.45) is 0. The van der Waals surface area contributed by atoms with E-state index in [0.717, 1.165) is 16.5 Å². The molecule has 2 N–H and O–H groups in total. The predicted octanol–water partition coefficient (Wildman–Crippen LogP) is 4.06. The molecule has 1 heterocycles. The van der Waals surface area contributed by atoms with Gasteiger partial charge in [0.1, 0.15) is 11.6 Å². The van der Waals surface area contributed by atoms with Gasteiger partial charge in [0, 0.05) is 17.0 Å². The molecule has 0 radical (unpaired) electrons. The first-order valence-corrected chi connectivity index (χ1v) is 6.23. The number of halogens is 1. The predicted molar refractivity (Wildman–Crippen MR) is 77.4 cm³/mol. The summed E-state index contributed by atoms with van der Waals surface area (Å²) < 4.78 is 19.1. The van der Waals surface area contributed by atoms with E-state index in [0.29, 0.717) is 11.6 Å². The zero-order valence-electron chi connectivity index (χ0n) is 10.9. The molecular formula is C16H13FN2O. The van der Waals surface area contributed by atoms with Gasteiger partial charge in [-0.15, -0.1) is 0 Å². The highest BCUT2D eigenvalue weighted by molar-refractivity contribution is 5.80. The minimum atomic E-state index is -0.499. The van der Waals surface area contributed by atoms with Crippen LogP contribution in [0.25, 0.3) is 10.9 Å². The van der Waals surface area contributed by atoms with E-state index in [1.807, 2.05) is 37.3 Å². The molecule has 2 aromatic carbocycles. The zero-order chi connectivity index (χ0) is 14.1. The van der Waals surface area contributed by atoms with E-state index >= 15 is 0 Å². The summed E-state index contributed by atoms with van der Waals surface area (Å²) >= 11 is 0. The molecule has 20 heavy (non-hydrogen) atoms. The molecule has 0 saturated carbocycles. The molecule has 0 aliphatic heterocycles. The largest absolute Gasteiger partial charge is 0.439 e. The maximum Gasteiger partial charge on any atom is 0.222 e. The second kappa shape index (κ2) is 4.81. The van der Waals surface area contributed by atoms with Crippen molar-refractivity contribution in [1.29, 1.82) is 0 Å². The average molecular weight is 268 g/mol. The molecule has 0 atom stereocenters. The molecular weight excluding hydrogens is 255 g/mol. The monoisotopic (exact) mass is 268 g/mol. The van der Waals surface area contributed by atoms with Crippen LogP contribution in [-0.4, -0.2) is 4.98 Å². The van der Waals surface area contributed by atoms with Crippen LogP contribution in [0.1, 0.15) is 5.56 Å². The number of rotatable bonds is 2. The summed E-state index contributed by atoms with van der Waals surface area (Å²) in [6.45, 7) is 1.91. The first kappa shape index (κ1) is 12.4. The van der Waals surface area contributed by atoms with Crippen molar-refractivity contribution in [3.8, 4) is 11.6 Å². The lowest BCUT2D eigenvalue weighted by molar-refractivity contribution is 0.457. The molecule has 0 unspecified atom stereocenters. The zero-order valence-corrected chi connectivity index (χ0v) is 10.9. The molecule has 3 nitrogen and oxygen atoms in total. The fraction of sp³-hybridized carbons (Fsp3) is 0.0625. The van der Waals surface area contributed by atoms with Gasteiger partial charge >= 0.3 is 0 Å². The number of hydrogen-bond donors (Lipinski definition) is 1. The summed E-state index contributed by atoms with van der Waals surface area (Å²) in [5.74, 6) is 0.344. The second-order valence-corrected chi connectivity index (χ2v) is 4.59. The van der Waals surface area contributed by atoms with Crippen LogP contribution in [0, 0.1) is 12.7 Å². The normalized spacial score (nSPS) is 10.7. The lowest BCUT2D eigenvalue weighted by Crippen LogP contribution is -1.95. The second-order valence-electron chi connectivity index (χ2n) is 4.59. The molecule has 3 aromatic rings. The van der Waals surface area contributed by atoms with E-state index < -0.39 is 5.82 Å². The minimum absolute atomic E-state index is 0.0977. The van der Waals surface area contributed by atoms with Crippen LogP contribution >= 0.6 is 0 Å². The number of benzene rings is 2. The highest BCUT2D eigenvalue weighted by atomic mass is 19.1. The number of fused-ring (bicyclic) bond motifs is 1. The lowest BCUT2D eigenvalue weighted by Gasteiger charge is -2.09. The topological polar surface area (TPSA) is 48.1 Å². The average Bonchev–Trinajstić information content (AvgIpc) is 2.44. The van der Waals surface area contributed by atoms with Crippen molar-refractivity contribution in [2.24, 2.45) is 0 Å². The van der Waals surface area contributed by atoms with Crippen LogP contribution < -0.4 is 10.5 Å². The van der Waals surface area contributed by atoms with Crippen molar-refractivity contribution in [1.82, 2.24) is 4.98 Å². The van der Waals surface area contributed by atoms with Crippen molar-refractivity contribution >= 4 is 16.6 Å². The van der Waals surface area contributed by atoms with Crippen LogP contribution in [0.15, 0.2) is 48.5 Å². The smallest absolute Gasteiger partial charge is 0.222 e. The number of hydrogen-bond acceptors (Lipinski definition) is 3. The van der Waals surface area contributed by atoms with Crippen LogP contribution in [0.5, 0.6) is 11.6 Å². The first-order chi connectivity index (χ1) is 9.63. The molecule has 100 valence electrons. The standard InChI is InChI=1S/C16H13FN2O/c1-10-8-11-4-2-3-5-15(11)19-16(10)20-12-6-7-14(18)13(17)9-12/h2-9H,18H2,1H3. The maximum atomic E-state index is 13.4. The van der Waals surface area contributed by atoms with E-state index in [2.05, 4.69) is 4.98 Å². The first-order valence-electron chi connectivity index (χ1n) is 6.23. The number of nitrogens with two attached hydrogens (primary N) is 1. The molecule has 0 bridgehead atoms. The summed E-state index contributed by atoms with van der Waals surface area (Å²) in [4.78, 5) is 4.45. The van der Waals surface area contributed by atoms with Crippen molar-refractivity contribution in [3.63, 3.8) is 0 Å². The Hall–Kier alpha value is -2.62. The highest BCUT2D eigenvalue weighted by Gasteiger charge is 2.07. The van der Waals surface area contributed by atoms with Crippen LogP contribution in [0.2, 0.25) is 0 Å². The van der Waals surface area contributed by atoms with E-state index in [9.17, 15) is 4.39 Å². The summed E-state index contributed by atoms with van der Waals surface area (Å²) in [6, 6.07) is 14.1. The Labute approximate surface area is 115 Å². The van der Waals surface area contributed by atoms with Gasteiger partial charge in [-0.2, -0.15) is 0 Å². The molecule has 0 aliphatic carbocycles. The summed E-state index contributed by atoms with van der Waals surface area (Å²) in [5, 5.41) is 1.04. The van der Waals surface area contributed by atoms with Gasteiger partial charge in [0.05, 0.1) is 11.2 Å². The quantitative estimate of drug-likeness (QED) is 0.713. The van der Waals surface area contributed by atoms with Gasteiger partial charge in [-0.3, -0.25) is 0 Å². The SMILES string of the molecule is Cc1cc2ccccc2nc1Oc1ccc(N)c(F)c1. The summed E-state index contributed by atoms with van der Waals surface area (Å²) in [5.41, 5.74) is 7.26. The molecule has 0 fully saturated rings. The number of anilines is 1. The number of nitrogens with zero attached hydrogens (tertiary/aromatic N) is 1. The minimum Gasteiger partial charge on any atom is -0.439 e. The van der Waals surface area contributed by atoms with Crippen molar-refractivity contribution in [2.45, 2.75) is 6.92 Å². The Balaban J connectivity index is 2.01. The Morgan fingerprint density at radius 2 is 1.90 bits per heavy atom. The molecule has 3 rings (SSSR count). The van der Waals surface area contributed by atoms with Crippen LogP contribution in [0.4, 0.5) is 10.1 Å². The molecule has 4 heteroatoms. The Morgan fingerprint density at radius 1 is 1.10 bits per heavy atom. The third kappa shape index (κ3) is 2.28. The molecule has 0 amide bonds. The van der Waals surface area contributed by atoms with Crippen LogP contribution in [0.3, 0.4) is 0 Å². The molecule has 0 saturated heterocycles. The van der Waals surface area contributed by atoms with Crippen molar-refractivity contribution in [2.75, 3.05) is 5.73 Å². The van der Waals surface area contributed by atoms with Gasteiger partial charge < -0.3 is 10.5 Å². The number of para-hydroxylation sites is 1. The van der Waals surface area contributed by atoms with Crippen molar-refractivity contribution < 1.29 is 9.13 Å². The fourth-order valence-corrected chi connectivity index (χ4v) is 1.99. The molecule has 0 aliphatic rings. The Bertz CT molecular complexity index is 787. The number of nitrogen functional groups attached to an aromatic ring is 1. The maximum absolute atomic E-state index is 13.4. The van der Waals surface area contributed by atoms with Gasteiger partial charge in [0.25, 0.3) is 0 Å². The van der Waals surface area contributed by atoms with Crippen molar-refractivity contribution in [3.05, 3.63) is 59.9 Å². The van der Waals surface area contributed by atoms with Gasteiger partial charge in [0.2, 0.25) is 5.88 Å². The van der Waals surface area contributed by atoms with Gasteiger partial charge in [-0.25, -0.2) is 9.37 Å². The van der Waals surface area contributed by atoms with Crippen LogP contribution in [-0.2, 0) is 0 Å². The lowest BCUT2D eigenvalue weighted by atomic mass is 10.2. The molecule has 1 aromatic heterocycles. The van der Waals surface area contributed by atoms with Gasteiger partial charge in [-0.05, 0) is 31.2 Å². The third-order valence-corrected chi connectivity index (χ3v) is 3.05.